The highest BCUT2D eigenvalue weighted by Gasteiger charge is 2.34. The lowest BCUT2D eigenvalue weighted by atomic mass is 9.88. The summed E-state index contributed by atoms with van der Waals surface area (Å²) in [6, 6.07) is 7.17. The molecule has 4 N–H and O–H groups in total. The number of carboxylic acid groups (broad SMARTS) is 1. The van der Waals surface area contributed by atoms with Crippen molar-refractivity contribution >= 4 is 44.4 Å². The minimum absolute atomic E-state index is 0.0157. The Morgan fingerprint density at radius 3 is 2.29 bits per heavy atom. The van der Waals surface area contributed by atoms with Crippen molar-refractivity contribution in [3.8, 4) is 16.9 Å². The van der Waals surface area contributed by atoms with Gasteiger partial charge in [0.05, 0.1) is 36.2 Å². The molecule has 2 fully saturated rings. The number of anilines is 1. The Hall–Kier alpha value is -4.14. The van der Waals surface area contributed by atoms with Crippen LogP contribution in [0.1, 0.15) is 58.7 Å². The first-order valence-electron chi connectivity index (χ1n) is 16.2. The van der Waals surface area contributed by atoms with E-state index in [1.807, 2.05) is 44.0 Å². The van der Waals surface area contributed by atoms with Gasteiger partial charge in [0.2, 0.25) is 15.9 Å². The van der Waals surface area contributed by atoms with Crippen LogP contribution < -0.4 is 15.2 Å². The zero-order valence-electron chi connectivity index (χ0n) is 28.5. The predicted octanol–water partition coefficient (Wildman–Crippen LogP) is 2.96. The molecule has 0 aliphatic carbocycles. The van der Waals surface area contributed by atoms with Gasteiger partial charge in [-0.2, -0.15) is 0 Å². The summed E-state index contributed by atoms with van der Waals surface area (Å²) < 4.78 is 35.3. The third-order valence-corrected chi connectivity index (χ3v) is 9.95. The first-order valence-corrected chi connectivity index (χ1v) is 18.1. The Balaban J connectivity index is 1.64. The smallest absolute Gasteiger partial charge is 0.353 e. The second-order valence-electron chi connectivity index (χ2n) is 13.3. The van der Waals surface area contributed by atoms with Crippen molar-refractivity contribution in [3.05, 3.63) is 46.6 Å². The number of amides is 2. The van der Waals surface area contributed by atoms with Crippen molar-refractivity contribution in [1.29, 1.82) is 0 Å². The number of primary amides is 1. The van der Waals surface area contributed by atoms with E-state index in [1.165, 1.54) is 7.11 Å². The normalized spacial score (nSPS) is 17.7. The number of likely N-dealkylation sites (tertiary alicyclic amines) is 1. The third-order valence-electron chi connectivity index (χ3n) is 9.38. The SMILES string of the molecule is COc1c(C(N)=O)cc(CC(C)C)c(-c2c(C(=O)O)n(C)c3c(CN4CCN(C(=O)C5CCCN5C)CC4)cccc23)c1NS(C)(=O)=O. The number of carbonyl (C=O) groups is 3. The third kappa shape index (κ3) is 6.87. The van der Waals surface area contributed by atoms with E-state index >= 15 is 0 Å². The number of sulfonamides is 1. The zero-order chi connectivity index (χ0) is 35.1. The molecule has 2 aliphatic rings. The monoisotopic (exact) mass is 682 g/mol. The fraction of sp³-hybridized carbons (Fsp3) is 0.500. The lowest BCUT2D eigenvalue weighted by Crippen LogP contribution is -2.52. The quantitative estimate of drug-likeness (QED) is 0.276. The summed E-state index contributed by atoms with van der Waals surface area (Å²) in [6.07, 6.45) is 3.29. The van der Waals surface area contributed by atoms with Gasteiger partial charge in [-0.05, 0) is 56.0 Å². The van der Waals surface area contributed by atoms with E-state index in [-0.39, 0.29) is 40.6 Å². The van der Waals surface area contributed by atoms with E-state index in [1.54, 1.807) is 17.7 Å². The van der Waals surface area contributed by atoms with E-state index in [0.29, 0.717) is 66.7 Å². The van der Waals surface area contributed by atoms with Crippen LogP contribution in [0.25, 0.3) is 22.0 Å². The molecule has 2 saturated heterocycles. The standard InChI is InChI=1S/C34H46N6O7S/c1-20(2)17-22-18-24(32(35)41)31(47-5)28(36-48(6,45)46)26(22)27-23-10-7-9-21(29(23)38(4)30(27)34(43)44)19-39-13-15-40(16-14-39)33(42)25-11-8-12-37(25)3/h7,9-10,18,20,25,36H,8,11-17,19H2,1-6H3,(H2,35,41)(H,43,44). The van der Waals surface area contributed by atoms with Gasteiger partial charge in [0.1, 0.15) is 5.69 Å². The van der Waals surface area contributed by atoms with E-state index < -0.39 is 21.9 Å². The number of hydrogen-bond donors (Lipinski definition) is 3. The second kappa shape index (κ2) is 13.8. The number of carboxylic acids is 1. The number of piperazine rings is 1. The summed E-state index contributed by atoms with van der Waals surface area (Å²) in [5.41, 5.74) is 8.41. The maximum atomic E-state index is 13.2. The maximum Gasteiger partial charge on any atom is 0.353 e. The number of para-hydroxylation sites is 1. The molecule has 3 aromatic rings. The Labute approximate surface area is 281 Å². The van der Waals surface area contributed by atoms with Gasteiger partial charge >= 0.3 is 5.97 Å². The molecule has 0 spiro atoms. The molecule has 0 saturated carbocycles. The second-order valence-corrected chi connectivity index (χ2v) is 15.1. The summed E-state index contributed by atoms with van der Waals surface area (Å²) >= 11 is 0. The number of methoxy groups -OCH3 is 1. The van der Waals surface area contributed by atoms with Crippen molar-refractivity contribution in [2.75, 3.05) is 57.9 Å². The molecule has 260 valence electrons. The number of likely N-dealkylation sites (N-methyl/N-ethyl adjacent to an activating group) is 1. The molecule has 5 rings (SSSR count). The first-order chi connectivity index (χ1) is 22.6. The van der Waals surface area contributed by atoms with Gasteiger partial charge in [-0.25, -0.2) is 13.2 Å². The molecule has 1 unspecified atom stereocenters. The number of aromatic nitrogens is 1. The molecule has 2 aromatic carbocycles. The van der Waals surface area contributed by atoms with Gasteiger partial charge in [-0.3, -0.25) is 24.1 Å². The van der Waals surface area contributed by atoms with E-state index in [2.05, 4.69) is 14.5 Å². The predicted molar refractivity (Wildman–Crippen MR) is 185 cm³/mol. The maximum absolute atomic E-state index is 13.2. The van der Waals surface area contributed by atoms with Crippen molar-refractivity contribution in [2.45, 2.75) is 45.7 Å². The molecule has 2 aliphatic heterocycles. The van der Waals surface area contributed by atoms with E-state index in [0.717, 1.165) is 31.2 Å². The van der Waals surface area contributed by atoms with Gasteiger partial charge in [0.25, 0.3) is 5.91 Å². The van der Waals surface area contributed by atoms with E-state index in [4.69, 9.17) is 10.5 Å². The molecule has 3 heterocycles. The highest BCUT2D eigenvalue weighted by molar-refractivity contribution is 7.92. The molecule has 14 heteroatoms. The van der Waals surface area contributed by atoms with Gasteiger partial charge in [0.15, 0.2) is 5.75 Å². The molecule has 0 radical (unpaired) electrons. The van der Waals surface area contributed by atoms with Crippen LogP contribution in [0.5, 0.6) is 5.75 Å². The summed E-state index contributed by atoms with van der Waals surface area (Å²) in [7, 11) is 1.07. The molecule has 1 aromatic heterocycles. The number of aryl methyl sites for hydroxylation is 1. The molecule has 2 amide bonds. The fourth-order valence-corrected chi connectivity index (χ4v) is 7.88. The van der Waals surface area contributed by atoms with Crippen LogP contribution in [0.4, 0.5) is 5.69 Å². The van der Waals surface area contributed by atoms with Gasteiger partial charge in [-0.15, -0.1) is 0 Å². The van der Waals surface area contributed by atoms with Crippen molar-refractivity contribution < 1.29 is 32.6 Å². The van der Waals surface area contributed by atoms with Gasteiger partial charge in [-0.1, -0.05) is 32.0 Å². The van der Waals surface area contributed by atoms with Crippen LogP contribution in [0.15, 0.2) is 24.3 Å². The van der Waals surface area contributed by atoms with Crippen molar-refractivity contribution in [1.82, 2.24) is 19.3 Å². The average molecular weight is 683 g/mol. The molecule has 48 heavy (non-hydrogen) atoms. The lowest BCUT2D eigenvalue weighted by Gasteiger charge is -2.37. The number of benzene rings is 2. The topological polar surface area (TPSA) is 168 Å². The highest BCUT2D eigenvalue weighted by Crippen LogP contribution is 2.47. The number of rotatable bonds is 11. The Morgan fingerprint density at radius 1 is 1.06 bits per heavy atom. The largest absolute Gasteiger partial charge is 0.494 e. The van der Waals surface area contributed by atoms with E-state index in [9.17, 15) is 27.9 Å². The summed E-state index contributed by atoms with van der Waals surface area (Å²) in [6.45, 7) is 7.98. The number of nitrogens with one attached hydrogen (secondary N) is 1. The van der Waals surface area contributed by atoms with Crippen LogP contribution in [0.2, 0.25) is 0 Å². The Kier molecular flexibility index (Phi) is 10.1. The Bertz CT molecular complexity index is 1860. The number of aromatic carboxylic acids is 1. The number of carbonyl (C=O) groups excluding carboxylic acids is 2. The van der Waals surface area contributed by atoms with Crippen LogP contribution in [0.3, 0.4) is 0 Å². The van der Waals surface area contributed by atoms with Crippen molar-refractivity contribution in [3.63, 3.8) is 0 Å². The number of nitrogens with zero attached hydrogens (tertiary/aromatic N) is 4. The average Bonchev–Trinajstić information content (AvgIpc) is 3.56. The molecule has 0 bridgehead atoms. The number of hydrogen-bond acceptors (Lipinski definition) is 8. The lowest BCUT2D eigenvalue weighted by molar-refractivity contribution is -0.137. The number of ether oxygens (including phenoxy) is 1. The van der Waals surface area contributed by atoms with Gasteiger partial charge in [0, 0.05) is 56.3 Å². The molecular formula is C34H46N6O7S. The van der Waals surface area contributed by atoms with Crippen LogP contribution in [0, 0.1) is 5.92 Å². The molecule has 1 atom stereocenters. The number of nitrogens with two attached hydrogens (primary N) is 1. The van der Waals surface area contributed by atoms with Crippen LogP contribution >= 0.6 is 0 Å². The summed E-state index contributed by atoms with van der Waals surface area (Å²) in [5, 5.41) is 11.3. The van der Waals surface area contributed by atoms with Crippen LogP contribution in [-0.2, 0) is 34.8 Å². The number of fused-ring (bicyclic) bond motifs is 1. The molecule has 13 nitrogen and oxygen atoms in total. The van der Waals surface area contributed by atoms with Gasteiger partial charge < -0.3 is 25.0 Å². The zero-order valence-corrected chi connectivity index (χ0v) is 29.3. The summed E-state index contributed by atoms with van der Waals surface area (Å²) in [5.74, 6) is -1.85. The summed E-state index contributed by atoms with van der Waals surface area (Å²) in [4.78, 5) is 45.2. The van der Waals surface area contributed by atoms with Crippen molar-refractivity contribution in [2.24, 2.45) is 18.7 Å². The fourth-order valence-electron chi connectivity index (χ4n) is 7.31. The van der Waals surface area contributed by atoms with Crippen LogP contribution in [-0.4, -0.2) is 110 Å². The Morgan fingerprint density at radius 2 is 1.75 bits per heavy atom. The highest BCUT2D eigenvalue weighted by atomic mass is 32.2. The first kappa shape index (κ1) is 35.2. The minimum Gasteiger partial charge on any atom is -0.494 e. The minimum atomic E-state index is -3.93. The molecular weight excluding hydrogens is 636 g/mol.